The van der Waals surface area contributed by atoms with Gasteiger partial charge in [0, 0.05) is 0 Å². The summed E-state index contributed by atoms with van der Waals surface area (Å²) in [6.07, 6.45) is 13.2. The van der Waals surface area contributed by atoms with Crippen LogP contribution in [0, 0.1) is 11.8 Å². The summed E-state index contributed by atoms with van der Waals surface area (Å²) >= 11 is 0. The molecule has 0 aliphatic heterocycles. The first-order chi connectivity index (χ1) is 7.60. The van der Waals surface area contributed by atoms with Crippen LogP contribution in [0.3, 0.4) is 0 Å². The Balaban J connectivity index is 3.96. The molecule has 0 heterocycles. The highest BCUT2D eigenvalue weighted by molar-refractivity contribution is 5.07. The Morgan fingerprint density at radius 2 is 1.81 bits per heavy atom. The highest BCUT2D eigenvalue weighted by Crippen LogP contribution is 2.10. The van der Waals surface area contributed by atoms with Crippen LogP contribution in [-0.4, -0.2) is 25.5 Å². The first-order valence-corrected chi connectivity index (χ1v) is 6.22. The predicted octanol–water partition coefficient (Wildman–Crippen LogP) is 3.90. The second-order valence-corrected chi connectivity index (χ2v) is 4.62. The van der Waals surface area contributed by atoms with Gasteiger partial charge in [-0.25, -0.2) is 0 Å². The van der Waals surface area contributed by atoms with Gasteiger partial charge < -0.3 is 4.90 Å². The molecule has 0 aromatic heterocycles. The van der Waals surface area contributed by atoms with Crippen molar-refractivity contribution in [1.82, 2.24) is 4.90 Å². The Hall–Kier alpha value is -0.820. The fourth-order valence-corrected chi connectivity index (χ4v) is 1.40. The van der Waals surface area contributed by atoms with Crippen molar-refractivity contribution in [2.75, 3.05) is 20.6 Å². The van der Waals surface area contributed by atoms with Crippen LogP contribution in [0.4, 0.5) is 0 Å². The van der Waals surface area contributed by atoms with Crippen molar-refractivity contribution >= 4 is 0 Å². The second-order valence-electron chi connectivity index (χ2n) is 4.62. The van der Waals surface area contributed by atoms with Gasteiger partial charge in [0.25, 0.3) is 0 Å². The number of nitrogens with zero attached hydrogens (tertiary/aromatic N) is 1. The van der Waals surface area contributed by atoms with Crippen molar-refractivity contribution in [3.63, 3.8) is 0 Å². The smallest absolute Gasteiger partial charge is 0.00192 e. The van der Waals surface area contributed by atoms with Crippen molar-refractivity contribution in [1.29, 1.82) is 0 Å². The molecule has 0 spiro atoms. The molecule has 0 fully saturated rings. The maximum Gasteiger partial charge on any atom is -0.00192 e. The van der Waals surface area contributed by atoms with Crippen LogP contribution >= 0.6 is 0 Å². The summed E-state index contributed by atoms with van der Waals surface area (Å²) < 4.78 is 0. The van der Waals surface area contributed by atoms with Crippen LogP contribution in [0.25, 0.3) is 0 Å². The average Bonchev–Trinajstić information content (AvgIpc) is 2.27. The number of hydrogen-bond acceptors (Lipinski definition) is 1. The van der Waals surface area contributed by atoms with Gasteiger partial charge in [0.15, 0.2) is 0 Å². The van der Waals surface area contributed by atoms with Crippen LogP contribution in [0.2, 0.25) is 0 Å². The van der Waals surface area contributed by atoms with E-state index in [0.29, 0.717) is 11.8 Å². The summed E-state index contributed by atoms with van der Waals surface area (Å²) in [6, 6.07) is 0. The summed E-state index contributed by atoms with van der Waals surface area (Å²) in [5.74, 6) is 1.16. The molecule has 0 aromatic rings. The van der Waals surface area contributed by atoms with Gasteiger partial charge in [0.05, 0.1) is 0 Å². The molecule has 1 heteroatoms. The lowest BCUT2D eigenvalue weighted by molar-refractivity contribution is 0.369. The normalized spacial score (nSPS) is 16.1. The first-order valence-electron chi connectivity index (χ1n) is 6.22. The van der Waals surface area contributed by atoms with Gasteiger partial charge in [0.1, 0.15) is 0 Å². The number of hydrogen-bond donors (Lipinski definition) is 0. The lowest BCUT2D eigenvalue weighted by atomic mass is 10.0. The number of allylic oxidation sites excluding steroid dienone is 5. The van der Waals surface area contributed by atoms with E-state index in [0.717, 1.165) is 6.54 Å². The summed E-state index contributed by atoms with van der Waals surface area (Å²) in [7, 11) is 4.25. The van der Waals surface area contributed by atoms with Crippen LogP contribution < -0.4 is 0 Å². The third kappa shape index (κ3) is 8.49. The monoisotopic (exact) mass is 221 g/mol. The molecule has 0 aromatic carbocycles. The maximum atomic E-state index is 3.76. The predicted molar refractivity (Wildman–Crippen MR) is 74.6 cm³/mol. The Morgan fingerprint density at radius 1 is 1.19 bits per heavy atom. The minimum atomic E-state index is 0.464. The zero-order valence-corrected chi connectivity index (χ0v) is 11.3. The quantitative estimate of drug-likeness (QED) is 0.444. The Labute approximate surface area is 102 Å². The minimum absolute atomic E-state index is 0.464. The van der Waals surface area contributed by atoms with E-state index in [9.17, 15) is 0 Å². The molecule has 0 aliphatic carbocycles. The molecule has 0 aliphatic rings. The van der Waals surface area contributed by atoms with Crippen molar-refractivity contribution in [3.05, 3.63) is 37.0 Å². The van der Waals surface area contributed by atoms with Gasteiger partial charge in [-0.15, -0.1) is 6.58 Å². The molecule has 0 rings (SSSR count). The summed E-state index contributed by atoms with van der Waals surface area (Å²) in [4.78, 5) is 2.24. The van der Waals surface area contributed by atoms with Gasteiger partial charge in [-0.05, 0) is 45.3 Å². The molecule has 0 saturated carbocycles. The van der Waals surface area contributed by atoms with Gasteiger partial charge in [-0.2, -0.15) is 0 Å². The minimum Gasteiger partial charge on any atom is -0.309 e. The van der Waals surface area contributed by atoms with E-state index in [2.05, 4.69) is 63.7 Å². The van der Waals surface area contributed by atoms with E-state index < -0.39 is 0 Å². The topological polar surface area (TPSA) is 3.24 Å². The van der Waals surface area contributed by atoms with E-state index in [4.69, 9.17) is 0 Å². The van der Waals surface area contributed by atoms with E-state index in [1.165, 1.54) is 12.8 Å². The highest BCUT2D eigenvalue weighted by atomic mass is 15.0. The standard InChI is InChI=1S/C15H27N/c1-6-14(3)10-8-9-11-15(7-2)12-13-16(4)5/h6,8-11,14-15H,1,7,12-13H2,2-5H3/b10-8-,11-9+. The molecule has 16 heavy (non-hydrogen) atoms. The molecule has 0 radical (unpaired) electrons. The highest BCUT2D eigenvalue weighted by Gasteiger charge is 2.01. The molecular formula is C15H27N. The maximum absolute atomic E-state index is 3.76. The molecule has 92 valence electrons. The Kier molecular flexibility index (Phi) is 8.93. The lowest BCUT2D eigenvalue weighted by Gasteiger charge is -2.13. The van der Waals surface area contributed by atoms with Gasteiger partial charge in [0.2, 0.25) is 0 Å². The fourth-order valence-electron chi connectivity index (χ4n) is 1.40. The van der Waals surface area contributed by atoms with E-state index in [-0.39, 0.29) is 0 Å². The summed E-state index contributed by atoms with van der Waals surface area (Å²) in [5, 5.41) is 0. The molecule has 0 bridgehead atoms. The average molecular weight is 221 g/mol. The first kappa shape index (κ1) is 15.2. The van der Waals surface area contributed by atoms with E-state index in [1.54, 1.807) is 0 Å². The Morgan fingerprint density at radius 3 is 2.31 bits per heavy atom. The van der Waals surface area contributed by atoms with Gasteiger partial charge >= 0.3 is 0 Å². The molecule has 2 atom stereocenters. The molecule has 0 N–H and O–H groups in total. The Bertz CT molecular complexity index is 226. The summed E-state index contributed by atoms with van der Waals surface area (Å²) in [5.41, 5.74) is 0. The van der Waals surface area contributed by atoms with E-state index >= 15 is 0 Å². The number of rotatable bonds is 8. The second kappa shape index (κ2) is 9.41. The van der Waals surface area contributed by atoms with E-state index in [1.807, 2.05) is 6.08 Å². The van der Waals surface area contributed by atoms with Crippen molar-refractivity contribution in [2.45, 2.75) is 26.7 Å². The van der Waals surface area contributed by atoms with Crippen LogP contribution in [0.1, 0.15) is 26.7 Å². The molecule has 0 amide bonds. The molecule has 2 unspecified atom stereocenters. The van der Waals surface area contributed by atoms with Crippen molar-refractivity contribution < 1.29 is 0 Å². The zero-order chi connectivity index (χ0) is 12.4. The van der Waals surface area contributed by atoms with Gasteiger partial charge in [-0.1, -0.05) is 44.2 Å². The fraction of sp³-hybridized carbons (Fsp3) is 0.600. The zero-order valence-electron chi connectivity index (χ0n) is 11.3. The van der Waals surface area contributed by atoms with Crippen LogP contribution in [0.15, 0.2) is 37.0 Å². The third-order valence-electron chi connectivity index (χ3n) is 2.75. The molecule has 1 nitrogen and oxygen atoms in total. The lowest BCUT2D eigenvalue weighted by Crippen LogP contribution is -2.15. The summed E-state index contributed by atoms with van der Waals surface area (Å²) in [6.45, 7) is 9.31. The largest absolute Gasteiger partial charge is 0.309 e. The molecule has 0 saturated heterocycles. The molecular weight excluding hydrogens is 194 g/mol. The van der Waals surface area contributed by atoms with Crippen molar-refractivity contribution in [3.8, 4) is 0 Å². The van der Waals surface area contributed by atoms with Crippen LogP contribution in [-0.2, 0) is 0 Å². The SMILES string of the molecule is C=CC(C)/C=C\C=C\C(CC)CCN(C)C. The van der Waals surface area contributed by atoms with Gasteiger partial charge in [-0.3, -0.25) is 0 Å². The van der Waals surface area contributed by atoms with Crippen molar-refractivity contribution in [2.24, 2.45) is 11.8 Å². The third-order valence-corrected chi connectivity index (χ3v) is 2.75. The van der Waals surface area contributed by atoms with Crippen LogP contribution in [0.5, 0.6) is 0 Å².